The molecule has 0 saturated carbocycles. The Labute approximate surface area is 183 Å². The molecule has 0 bridgehead atoms. The highest BCUT2D eigenvalue weighted by atomic mass is 16.5. The average molecular weight is 422 g/mol. The van der Waals surface area contributed by atoms with E-state index in [-0.39, 0.29) is 12.0 Å². The molecule has 4 rings (SSSR count). The number of benzene rings is 2. The zero-order valence-corrected chi connectivity index (χ0v) is 18.1. The van der Waals surface area contributed by atoms with Gasteiger partial charge in [0.2, 0.25) is 11.7 Å². The smallest absolute Gasteiger partial charge is 0.249 e. The first-order valence-corrected chi connectivity index (χ1v) is 11.3. The van der Waals surface area contributed by atoms with E-state index >= 15 is 0 Å². The molecule has 0 spiro atoms. The molecule has 2 heterocycles. The van der Waals surface area contributed by atoms with Crippen LogP contribution in [0.25, 0.3) is 22.2 Å². The predicted molar refractivity (Wildman–Crippen MR) is 122 cm³/mol. The van der Waals surface area contributed by atoms with E-state index in [2.05, 4.69) is 41.3 Å². The Bertz CT molecular complexity index is 1030. The second-order valence-electron chi connectivity index (χ2n) is 8.18. The number of ether oxygens (including phenoxy) is 1. The lowest BCUT2D eigenvalue weighted by Crippen LogP contribution is -2.35. The molecule has 1 fully saturated rings. The monoisotopic (exact) mass is 421 g/mol. The van der Waals surface area contributed by atoms with Gasteiger partial charge in [0, 0.05) is 12.1 Å². The summed E-state index contributed by atoms with van der Waals surface area (Å²) in [6, 6.07) is 12.2. The van der Waals surface area contributed by atoms with Gasteiger partial charge >= 0.3 is 0 Å². The van der Waals surface area contributed by atoms with Crippen molar-refractivity contribution in [3.05, 3.63) is 42.3 Å². The number of rotatable bonds is 9. The van der Waals surface area contributed by atoms with Crippen LogP contribution in [0.4, 0.5) is 0 Å². The highest BCUT2D eigenvalue weighted by Crippen LogP contribution is 2.32. The molecule has 3 N–H and O–H groups in total. The van der Waals surface area contributed by atoms with Crippen LogP contribution < -0.4 is 10.5 Å². The number of hydrogen-bond acceptors (Lipinski definition) is 5. The number of nitrogens with two attached hydrogens (primary N) is 1. The third-order valence-corrected chi connectivity index (χ3v) is 5.88. The van der Waals surface area contributed by atoms with Crippen LogP contribution in [0.15, 0.2) is 40.9 Å². The van der Waals surface area contributed by atoms with E-state index in [1.165, 1.54) is 25.7 Å². The van der Waals surface area contributed by atoms with Gasteiger partial charge in [-0.3, -0.25) is 5.41 Å². The second-order valence-corrected chi connectivity index (χ2v) is 8.18. The molecule has 1 saturated heterocycles. The van der Waals surface area contributed by atoms with Crippen molar-refractivity contribution in [2.45, 2.75) is 57.9 Å². The lowest BCUT2D eigenvalue weighted by Gasteiger charge is -2.21. The quantitative estimate of drug-likeness (QED) is 0.277. The number of nitrogens with one attached hydrogen (secondary N) is 1. The molecule has 2 aromatic carbocycles. The van der Waals surface area contributed by atoms with Crippen molar-refractivity contribution in [2.24, 2.45) is 5.73 Å². The van der Waals surface area contributed by atoms with Gasteiger partial charge in [0.25, 0.3) is 0 Å². The lowest BCUT2D eigenvalue weighted by atomic mass is 10.1. The zero-order valence-electron chi connectivity index (χ0n) is 18.1. The fourth-order valence-electron chi connectivity index (χ4n) is 4.15. The molecule has 0 amide bonds. The molecule has 0 radical (unpaired) electrons. The molecule has 1 aliphatic rings. The minimum absolute atomic E-state index is 0.0481. The number of hydrogen-bond donors (Lipinski definition) is 2. The van der Waals surface area contributed by atoms with E-state index < -0.39 is 0 Å². The Morgan fingerprint density at radius 1 is 1.16 bits per heavy atom. The topological polar surface area (TPSA) is 101 Å². The molecular formula is C24H31N5O2. The molecular weight excluding hydrogens is 390 g/mol. The molecule has 0 aliphatic carbocycles. The first-order valence-electron chi connectivity index (χ1n) is 11.3. The fraction of sp³-hybridized carbons (Fsp3) is 0.458. The maximum atomic E-state index is 7.73. The van der Waals surface area contributed by atoms with Crippen molar-refractivity contribution < 1.29 is 9.26 Å². The van der Waals surface area contributed by atoms with Crippen molar-refractivity contribution in [2.75, 3.05) is 13.2 Å². The Balaban J connectivity index is 1.43. The van der Waals surface area contributed by atoms with Crippen LogP contribution in [0.3, 0.4) is 0 Å². The van der Waals surface area contributed by atoms with Crippen molar-refractivity contribution >= 4 is 16.7 Å². The Morgan fingerprint density at radius 2 is 1.97 bits per heavy atom. The first-order chi connectivity index (χ1) is 15.2. The van der Waals surface area contributed by atoms with Crippen LogP contribution in [-0.2, 0) is 0 Å². The summed E-state index contributed by atoms with van der Waals surface area (Å²) >= 11 is 0. The molecule has 7 nitrogen and oxygen atoms in total. The third-order valence-electron chi connectivity index (χ3n) is 5.88. The van der Waals surface area contributed by atoms with Gasteiger partial charge in [-0.1, -0.05) is 56.0 Å². The third kappa shape index (κ3) is 4.98. The van der Waals surface area contributed by atoms with Crippen LogP contribution >= 0.6 is 0 Å². The van der Waals surface area contributed by atoms with Gasteiger partial charge in [0.1, 0.15) is 11.8 Å². The summed E-state index contributed by atoms with van der Waals surface area (Å²) in [7, 11) is 0. The molecule has 7 heteroatoms. The number of nitrogens with zero attached hydrogens (tertiary/aromatic N) is 3. The SMILES string of the molecule is CCCCCCCOc1ccc2cc(-c3noc([C@@H]4CCCN4C(=N)N)n3)ccc2c1. The largest absolute Gasteiger partial charge is 0.494 e. The molecule has 164 valence electrons. The van der Waals surface area contributed by atoms with E-state index in [9.17, 15) is 0 Å². The van der Waals surface area contributed by atoms with Crippen molar-refractivity contribution in [1.82, 2.24) is 15.0 Å². The van der Waals surface area contributed by atoms with Crippen LogP contribution in [0.2, 0.25) is 0 Å². The van der Waals surface area contributed by atoms with Gasteiger partial charge in [-0.2, -0.15) is 4.98 Å². The standard InChI is InChI=1S/C24H31N5O2/c1-2-3-4-5-6-14-30-20-12-11-17-15-19(10-9-18(17)16-20)22-27-23(31-28-22)21-8-7-13-29(21)24(25)26/h9-12,15-16,21H,2-8,13-14H2,1H3,(H3,25,26)/t21-/m0/s1. The van der Waals surface area contributed by atoms with E-state index in [0.717, 1.165) is 54.5 Å². The van der Waals surface area contributed by atoms with E-state index in [1.54, 1.807) is 0 Å². The van der Waals surface area contributed by atoms with Gasteiger partial charge in [-0.15, -0.1) is 0 Å². The Kier molecular flexibility index (Phi) is 6.70. The summed E-state index contributed by atoms with van der Waals surface area (Å²) in [5.41, 5.74) is 6.59. The number of unbranched alkanes of at least 4 members (excludes halogenated alkanes) is 4. The van der Waals surface area contributed by atoms with Gasteiger partial charge in [0.05, 0.1) is 6.61 Å². The van der Waals surface area contributed by atoms with Crippen molar-refractivity contribution in [3.8, 4) is 17.1 Å². The molecule has 1 atom stereocenters. The van der Waals surface area contributed by atoms with Crippen LogP contribution in [0.5, 0.6) is 5.75 Å². The highest BCUT2D eigenvalue weighted by molar-refractivity contribution is 5.87. The highest BCUT2D eigenvalue weighted by Gasteiger charge is 2.31. The average Bonchev–Trinajstić information content (AvgIpc) is 3.45. The summed E-state index contributed by atoms with van der Waals surface area (Å²) < 4.78 is 11.4. The van der Waals surface area contributed by atoms with E-state index in [4.69, 9.17) is 20.4 Å². The van der Waals surface area contributed by atoms with Gasteiger partial charge in [-0.25, -0.2) is 0 Å². The van der Waals surface area contributed by atoms with Gasteiger partial charge < -0.3 is 19.9 Å². The molecule has 1 aliphatic heterocycles. The minimum Gasteiger partial charge on any atom is -0.494 e. The summed E-state index contributed by atoms with van der Waals surface area (Å²) in [5.74, 6) is 2.03. The number of fused-ring (bicyclic) bond motifs is 1. The normalized spacial score (nSPS) is 16.2. The Hall–Kier alpha value is -3.09. The van der Waals surface area contributed by atoms with E-state index in [0.29, 0.717) is 11.7 Å². The first kappa shape index (κ1) is 21.2. The number of likely N-dealkylation sites (tertiary alicyclic amines) is 1. The summed E-state index contributed by atoms with van der Waals surface area (Å²) in [5, 5.41) is 14.1. The summed E-state index contributed by atoms with van der Waals surface area (Å²) in [6.07, 6.45) is 7.99. The maximum absolute atomic E-state index is 7.73. The molecule has 0 unspecified atom stereocenters. The maximum Gasteiger partial charge on any atom is 0.249 e. The second kappa shape index (κ2) is 9.81. The van der Waals surface area contributed by atoms with E-state index in [1.807, 2.05) is 17.0 Å². The lowest BCUT2D eigenvalue weighted by molar-refractivity contribution is 0.283. The van der Waals surface area contributed by atoms with Crippen molar-refractivity contribution in [1.29, 1.82) is 5.41 Å². The van der Waals surface area contributed by atoms with Gasteiger partial charge in [-0.05, 0) is 48.2 Å². The van der Waals surface area contributed by atoms with Crippen LogP contribution in [0.1, 0.15) is 63.8 Å². The molecule has 31 heavy (non-hydrogen) atoms. The Morgan fingerprint density at radius 3 is 2.81 bits per heavy atom. The predicted octanol–water partition coefficient (Wildman–Crippen LogP) is 5.27. The molecule has 3 aromatic rings. The minimum atomic E-state index is -0.110. The number of aromatic nitrogens is 2. The van der Waals surface area contributed by atoms with Gasteiger partial charge in [0.15, 0.2) is 5.96 Å². The van der Waals surface area contributed by atoms with Crippen LogP contribution in [0, 0.1) is 5.41 Å². The number of guanidine groups is 1. The van der Waals surface area contributed by atoms with Crippen LogP contribution in [-0.4, -0.2) is 34.2 Å². The fourth-order valence-corrected chi connectivity index (χ4v) is 4.15. The summed E-state index contributed by atoms with van der Waals surface area (Å²) in [4.78, 5) is 6.40. The zero-order chi connectivity index (χ0) is 21.6. The molecule has 1 aromatic heterocycles. The van der Waals surface area contributed by atoms with Crippen molar-refractivity contribution in [3.63, 3.8) is 0 Å². The summed E-state index contributed by atoms with van der Waals surface area (Å²) in [6.45, 7) is 3.74.